The summed E-state index contributed by atoms with van der Waals surface area (Å²) < 4.78 is 5.63. The number of anilines is 2. The van der Waals surface area contributed by atoms with E-state index < -0.39 is 0 Å². The van der Waals surface area contributed by atoms with E-state index >= 15 is 0 Å². The molecule has 10 heteroatoms. The van der Waals surface area contributed by atoms with Gasteiger partial charge in [-0.3, -0.25) is 9.59 Å². The summed E-state index contributed by atoms with van der Waals surface area (Å²) in [7, 11) is 0. The molecule has 1 aliphatic rings. The SMILES string of the molecule is CC(=O)Nc1ccc(-c2nnc(SCC(=O)Nc3sc4c(c3C#N)CCCC4)o2)cc1. The standard InChI is InChI=1S/C21H19N5O3S2/c1-12(27)23-14-8-6-13(7-9-14)19-25-26-21(29-19)30-11-18(28)24-20-16(10-22)15-4-2-3-5-17(15)31-20/h6-9H,2-5,11H2,1H3,(H,23,27)(H,24,28). The van der Waals surface area contributed by atoms with Crippen molar-refractivity contribution in [2.45, 2.75) is 37.8 Å². The Morgan fingerprint density at radius 2 is 1.97 bits per heavy atom. The Morgan fingerprint density at radius 1 is 1.19 bits per heavy atom. The Bertz CT molecular complexity index is 1160. The number of aryl methyl sites for hydroxylation is 1. The monoisotopic (exact) mass is 453 g/mol. The molecule has 1 aliphatic carbocycles. The Balaban J connectivity index is 1.36. The van der Waals surface area contributed by atoms with Crippen LogP contribution in [0.5, 0.6) is 0 Å². The van der Waals surface area contributed by atoms with E-state index in [1.807, 2.05) is 0 Å². The van der Waals surface area contributed by atoms with Gasteiger partial charge in [0, 0.05) is 23.1 Å². The minimum absolute atomic E-state index is 0.0938. The molecule has 0 atom stereocenters. The number of carbonyl (C=O) groups is 2. The third-order valence-corrected chi connectivity index (χ3v) is 6.75. The molecule has 2 amide bonds. The van der Waals surface area contributed by atoms with E-state index in [1.54, 1.807) is 24.3 Å². The first-order valence-electron chi connectivity index (χ1n) is 9.72. The van der Waals surface area contributed by atoms with Crippen molar-refractivity contribution in [2.75, 3.05) is 16.4 Å². The second-order valence-corrected chi connectivity index (χ2v) is 9.03. The summed E-state index contributed by atoms with van der Waals surface area (Å²) in [6, 6.07) is 9.26. The Hall–Kier alpha value is -3.16. The minimum Gasteiger partial charge on any atom is -0.411 e. The highest BCUT2D eigenvalue weighted by Crippen LogP contribution is 2.37. The van der Waals surface area contributed by atoms with Gasteiger partial charge in [0.25, 0.3) is 5.22 Å². The van der Waals surface area contributed by atoms with Crippen molar-refractivity contribution >= 4 is 45.6 Å². The Morgan fingerprint density at radius 3 is 2.71 bits per heavy atom. The summed E-state index contributed by atoms with van der Waals surface area (Å²) in [5.74, 6) is 0.0536. The molecule has 0 saturated heterocycles. The summed E-state index contributed by atoms with van der Waals surface area (Å²) in [4.78, 5) is 24.7. The van der Waals surface area contributed by atoms with Crippen LogP contribution in [-0.2, 0) is 22.4 Å². The number of nitrogens with zero attached hydrogens (tertiary/aromatic N) is 3. The van der Waals surface area contributed by atoms with Gasteiger partial charge in [-0.1, -0.05) is 11.8 Å². The average molecular weight is 454 g/mol. The lowest BCUT2D eigenvalue weighted by Gasteiger charge is -2.09. The second kappa shape index (κ2) is 9.32. The molecule has 0 spiro atoms. The molecule has 0 aliphatic heterocycles. The molecule has 0 saturated carbocycles. The first-order valence-corrected chi connectivity index (χ1v) is 11.5. The second-order valence-electron chi connectivity index (χ2n) is 7.00. The van der Waals surface area contributed by atoms with Crippen molar-refractivity contribution in [2.24, 2.45) is 0 Å². The summed E-state index contributed by atoms with van der Waals surface area (Å²) in [5, 5.41) is 24.0. The summed E-state index contributed by atoms with van der Waals surface area (Å²) in [6.07, 6.45) is 4.07. The topological polar surface area (TPSA) is 121 Å². The first-order chi connectivity index (χ1) is 15.0. The third kappa shape index (κ3) is 4.95. The number of rotatable bonds is 6. The largest absolute Gasteiger partial charge is 0.411 e. The van der Waals surface area contributed by atoms with Crippen molar-refractivity contribution in [3.63, 3.8) is 0 Å². The molecule has 158 valence electrons. The van der Waals surface area contributed by atoms with Crippen LogP contribution in [0.15, 0.2) is 33.9 Å². The number of hydrogen-bond donors (Lipinski definition) is 2. The lowest BCUT2D eigenvalue weighted by atomic mass is 9.96. The molecular weight excluding hydrogens is 434 g/mol. The first kappa shape index (κ1) is 21.1. The van der Waals surface area contributed by atoms with Gasteiger partial charge in [-0.15, -0.1) is 21.5 Å². The zero-order valence-corrected chi connectivity index (χ0v) is 18.4. The zero-order valence-electron chi connectivity index (χ0n) is 16.7. The lowest BCUT2D eigenvalue weighted by Crippen LogP contribution is -2.14. The van der Waals surface area contributed by atoms with Crippen LogP contribution < -0.4 is 10.6 Å². The van der Waals surface area contributed by atoms with Gasteiger partial charge >= 0.3 is 0 Å². The zero-order chi connectivity index (χ0) is 21.8. The number of aromatic nitrogens is 2. The normalized spacial score (nSPS) is 12.6. The summed E-state index contributed by atoms with van der Waals surface area (Å²) in [5.41, 5.74) is 3.07. The molecule has 0 radical (unpaired) electrons. The van der Waals surface area contributed by atoms with Gasteiger partial charge in [0.15, 0.2) is 0 Å². The number of hydrogen-bond acceptors (Lipinski definition) is 8. The number of amides is 2. The lowest BCUT2D eigenvalue weighted by molar-refractivity contribution is -0.114. The van der Waals surface area contributed by atoms with Crippen LogP contribution in [0.4, 0.5) is 10.7 Å². The average Bonchev–Trinajstić information content (AvgIpc) is 3.36. The van der Waals surface area contributed by atoms with Crippen LogP contribution in [0.1, 0.15) is 35.8 Å². The molecule has 0 fully saturated rings. The highest BCUT2D eigenvalue weighted by atomic mass is 32.2. The molecule has 1 aromatic carbocycles. The van der Waals surface area contributed by atoms with Crippen LogP contribution in [0.2, 0.25) is 0 Å². The number of nitriles is 1. The highest BCUT2D eigenvalue weighted by Gasteiger charge is 2.22. The van der Waals surface area contributed by atoms with Crippen LogP contribution in [0, 0.1) is 11.3 Å². The number of benzene rings is 1. The summed E-state index contributed by atoms with van der Waals surface area (Å²) in [6.45, 7) is 1.44. The molecule has 8 nitrogen and oxygen atoms in total. The molecule has 31 heavy (non-hydrogen) atoms. The fraction of sp³-hybridized carbons (Fsp3) is 0.286. The van der Waals surface area contributed by atoms with Crippen molar-refractivity contribution in [3.05, 3.63) is 40.3 Å². The predicted molar refractivity (Wildman–Crippen MR) is 119 cm³/mol. The molecule has 0 bridgehead atoms. The number of nitrogens with one attached hydrogen (secondary N) is 2. The fourth-order valence-corrected chi connectivity index (χ4v) is 5.17. The number of carbonyl (C=O) groups excluding carboxylic acids is 2. The van der Waals surface area contributed by atoms with Gasteiger partial charge in [-0.2, -0.15) is 5.26 Å². The number of fused-ring (bicyclic) bond motifs is 1. The van der Waals surface area contributed by atoms with E-state index in [0.29, 0.717) is 27.7 Å². The van der Waals surface area contributed by atoms with E-state index in [9.17, 15) is 14.9 Å². The van der Waals surface area contributed by atoms with Crippen molar-refractivity contribution in [1.29, 1.82) is 5.26 Å². The number of thiophene rings is 1. The summed E-state index contributed by atoms with van der Waals surface area (Å²) >= 11 is 2.64. The molecular formula is C21H19N5O3S2. The van der Waals surface area contributed by atoms with E-state index in [0.717, 1.165) is 43.0 Å². The van der Waals surface area contributed by atoms with Gasteiger partial charge in [-0.25, -0.2) is 0 Å². The minimum atomic E-state index is -0.223. The third-order valence-electron chi connectivity index (χ3n) is 4.72. The fourth-order valence-electron chi connectivity index (χ4n) is 3.35. The van der Waals surface area contributed by atoms with Crippen molar-refractivity contribution in [3.8, 4) is 17.5 Å². The van der Waals surface area contributed by atoms with Crippen LogP contribution in [-0.4, -0.2) is 27.8 Å². The molecule has 2 N–H and O–H groups in total. The number of thioether (sulfide) groups is 1. The van der Waals surface area contributed by atoms with E-state index in [2.05, 4.69) is 26.9 Å². The van der Waals surface area contributed by atoms with Crippen LogP contribution >= 0.6 is 23.1 Å². The van der Waals surface area contributed by atoms with Gasteiger partial charge < -0.3 is 15.1 Å². The quantitative estimate of drug-likeness (QED) is 0.536. The maximum Gasteiger partial charge on any atom is 0.277 e. The van der Waals surface area contributed by atoms with E-state index in [-0.39, 0.29) is 22.8 Å². The highest BCUT2D eigenvalue weighted by molar-refractivity contribution is 7.99. The molecule has 3 aromatic rings. The molecule has 0 unspecified atom stereocenters. The molecule has 2 heterocycles. The Labute approximate surface area is 187 Å². The van der Waals surface area contributed by atoms with E-state index in [1.165, 1.54) is 23.1 Å². The van der Waals surface area contributed by atoms with Gasteiger partial charge in [0.05, 0.1) is 11.3 Å². The Kier molecular flexibility index (Phi) is 6.34. The predicted octanol–water partition coefficient (Wildman–Crippen LogP) is 4.24. The van der Waals surface area contributed by atoms with E-state index in [4.69, 9.17) is 4.42 Å². The maximum absolute atomic E-state index is 12.4. The molecule has 2 aromatic heterocycles. The van der Waals surface area contributed by atoms with Gasteiger partial charge in [-0.05, 0) is 55.5 Å². The smallest absolute Gasteiger partial charge is 0.277 e. The van der Waals surface area contributed by atoms with Crippen LogP contribution in [0.3, 0.4) is 0 Å². The van der Waals surface area contributed by atoms with Gasteiger partial charge in [0.1, 0.15) is 11.1 Å². The molecule has 4 rings (SSSR count). The van der Waals surface area contributed by atoms with Crippen molar-refractivity contribution < 1.29 is 14.0 Å². The van der Waals surface area contributed by atoms with Gasteiger partial charge in [0.2, 0.25) is 17.7 Å². The maximum atomic E-state index is 12.4. The van der Waals surface area contributed by atoms with Crippen LogP contribution in [0.25, 0.3) is 11.5 Å². The van der Waals surface area contributed by atoms with Crippen molar-refractivity contribution in [1.82, 2.24) is 10.2 Å².